The molecule has 2 nitrogen and oxygen atoms in total. The Kier molecular flexibility index (Phi) is 4.62. The molecule has 1 rings (SSSR count). The summed E-state index contributed by atoms with van der Waals surface area (Å²) in [6.07, 6.45) is 8.66. The highest BCUT2D eigenvalue weighted by atomic mass is 15.5. The van der Waals surface area contributed by atoms with E-state index in [1.165, 1.54) is 45.1 Å². The van der Waals surface area contributed by atoms with Crippen molar-refractivity contribution in [3.05, 3.63) is 0 Å². The molecule has 0 aromatic rings. The molecule has 1 aliphatic rings. The largest absolute Gasteiger partial charge is 0.255 e. The quantitative estimate of drug-likeness (QED) is 0.515. The van der Waals surface area contributed by atoms with Gasteiger partial charge >= 0.3 is 0 Å². The summed E-state index contributed by atoms with van der Waals surface area (Å²) in [5.74, 6) is 0.926. The van der Waals surface area contributed by atoms with Gasteiger partial charge in [-0.25, -0.2) is 0 Å². The number of nitrogens with one attached hydrogen (secondary N) is 1. The van der Waals surface area contributed by atoms with Crippen LogP contribution >= 0.6 is 0 Å². The van der Waals surface area contributed by atoms with E-state index >= 15 is 0 Å². The molecular weight excluding hydrogens is 148 g/mol. The molecule has 1 fully saturated rings. The monoisotopic (exact) mass is 170 g/mol. The normalized spacial score (nSPS) is 21.2. The van der Waals surface area contributed by atoms with Crippen molar-refractivity contribution < 1.29 is 0 Å². The molecule has 0 heterocycles. The lowest BCUT2D eigenvalue weighted by atomic mass is 10.0. The van der Waals surface area contributed by atoms with Crippen LogP contribution in [0.5, 0.6) is 0 Å². The molecule has 0 amide bonds. The Morgan fingerprint density at radius 1 is 1.08 bits per heavy atom. The Morgan fingerprint density at radius 3 is 2.17 bits per heavy atom. The molecule has 0 radical (unpaired) electrons. The zero-order valence-electron chi connectivity index (χ0n) is 8.47. The first kappa shape index (κ1) is 10.0. The third kappa shape index (κ3) is 4.07. The smallest absolute Gasteiger partial charge is 0.0130 e. The summed E-state index contributed by atoms with van der Waals surface area (Å²) >= 11 is 0. The number of hydrazine groups is 1. The summed E-state index contributed by atoms with van der Waals surface area (Å²) in [6, 6.07) is 0. The van der Waals surface area contributed by atoms with Crippen LogP contribution in [0.1, 0.15) is 38.5 Å². The van der Waals surface area contributed by atoms with Gasteiger partial charge < -0.3 is 0 Å². The number of hydrogen-bond donors (Lipinski definition) is 1. The summed E-state index contributed by atoms with van der Waals surface area (Å²) in [6.45, 7) is 1.17. The van der Waals surface area contributed by atoms with E-state index in [4.69, 9.17) is 0 Å². The van der Waals surface area contributed by atoms with Gasteiger partial charge in [0.25, 0.3) is 0 Å². The van der Waals surface area contributed by atoms with Crippen LogP contribution in [0.25, 0.3) is 0 Å². The molecule has 0 aromatic heterocycles. The third-order valence-electron chi connectivity index (χ3n) is 2.67. The number of nitrogens with zero attached hydrogens (tertiary/aromatic N) is 1. The fourth-order valence-corrected chi connectivity index (χ4v) is 1.88. The van der Waals surface area contributed by atoms with E-state index in [0.29, 0.717) is 0 Å². The van der Waals surface area contributed by atoms with E-state index in [9.17, 15) is 0 Å². The van der Waals surface area contributed by atoms with Crippen molar-refractivity contribution in [3.8, 4) is 0 Å². The van der Waals surface area contributed by atoms with Crippen molar-refractivity contribution in [1.29, 1.82) is 0 Å². The minimum absolute atomic E-state index is 0.926. The predicted molar refractivity (Wildman–Crippen MR) is 52.9 cm³/mol. The molecule has 72 valence electrons. The average Bonchev–Trinajstić information content (AvgIpc) is 2.28. The molecule has 1 N–H and O–H groups in total. The van der Waals surface area contributed by atoms with Crippen LogP contribution in [-0.2, 0) is 0 Å². The van der Waals surface area contributed by atoms with Crippen molar-refractivity contribution >= 4 is 0 Å². The molecule has 0 aliphatic heterocycles. The summed E-state index contributed by atoms with van der Waals surface area (Å²) in [7, 11) is 4.13. The van der Waals surface area contributed by atoms with Gasteiger partial charge in [0.15, 0.2) is 0 Å². The zero-order valence-corrected chi connectivity index (χ0v) is 8.47. The van der Waals surface area contributed by atoms with Crippen LogP contribution in [0.15, 0.2) is 0 Å². The standard InChI is InChI=1S/C10H22N2/c1-12(2)11-9-10-7-5-3-4-6-8-10/h10-11H,3-9H2,1-2H3. The lowest BCUT2D eigenvalue weighted by Gasteiger charge is -2.18. The van der Waals surface area contributed by atoms with Crippen LogP contribution in [0.2, 0.25) is 0 Å². The summed E-state index contributed by atoms with van der Waals surface area (Å²) < 4.78 is 0. The minimum Gasteiger partial charge on any atom is -0.255 e. The van der Waals surface area contributed by atoms with Crippen molar-refractivity contribution in [2.45, 2.75) is 38.5 Å². The number of hydrogen-bond acceptors (Lipinski definition) is 2. The maximum atomic E-state index is 3.38. The molecule has 1 saturated carbocycles. The summed E-state index contributed by atoms with van der Waals surface area (Å²) in [4.78, 5) is 0. The molecular formula is C10H22N2. The number of rotatable bonds is 3. The second kappa shape index (κ2) is 5.55. The Bertz CT molecular complexity index is 104. The van der Waals surface area contributed by atoms with Crippen molar-refractivity contribution in [2.24, 2.45) is 5.92 Å². The second-order valence-electron chi connectivity index (χ2n) is 4.11. The zero-order chi connectivity index (χ0) is 8.81. The third-order valence-corrected chi connectivity index (χ3v) is 2.67. The Balaban J connectivity index is 2.12. The van der Waals surface area contributed by atoms with Gasteiger partial charge in [-0.1, -0.05) is 25.7 Å². The highest BCUT2D eigenvalue weighted by Crippen LogP contribution is 2.21. The van der Waals surface area contributed by atoms with Gasteiger partial charge in [-0.05, 0) is 18.8 Å². The molecule has 0 spiro atoms. The first-order chi connectivity index (χ1) is 5.79. The van der Waals surface area contributed by atoms with E-state index in [1.54, 1.807) is 0 Å². The van der Waals surface area contributed by atoms with Gasteiger partial charge in [-0.2, -0.15) is 0 Å². The van der Waals surface area contributed by atoms with Crippen LogP contribution in [0, 0.1) is 5.92 Å². The van der Waals surface area contributed by atoms with Crippen molar-refractivity contribution in [2.75, 3.05) is 20.6 Å². The van der Waals surface area contributed by atoms with Crippen LogP contribution in [0.3, 0.4) is 0 Å². The van der Waals surface area contributed by atoms with E-state index < -0.39 is 0 Å². The highest BCUT2D eigenvalue weighted by Gasteiger charge is 2.11. The highest BCUT2D eigenvalue weighted by molar-refractivity contribution is 4.65. The SMILES string of the molecule is CN(C)NCC1CCCCCC1. The predicted octanol–water partition coefficient (Wildman–Crippen LogP) is 2.02. The van der Waals surface area contributed by atoms with Gasteiger partial charge in [0.05, 0.1) is 0 Å². The molecule has 2 heteroatoms. The molecule has 0 atom stereocenters. The van der Waals surface area contributed by atoms with Crippen molar-refractivity contribution in [3.63, 3.8) is 0 Å². The van der Waals surface area contributed by atoms with Gasteiger partial charge in [-0.15, -0.1) is 0 Å². The van der Waals surface area contributed by atoms with Crippen LogP contribution in [0.4, 0.5) is 0 Å². The fourth-order valence-electron chi connectivity index (χ4n) is 1.88. The van der Waals surface area contributed by atoms with Gasteiger partial charge in [0.2, 0.25) is 0 Å². The Hall–Kier alpha value is -0.0800. The molecule has 0 unspecified atom stereocenters. The maximum Gasteiger partial charge on any atom is 0.0130 e. The Labute approximate surface area is 76.3 Å². The first-order valence-electron chi connectivity index (χ1n) is 5.20. The van der Waals surface area contributed by atoms with Gasteiger partial charge in [0.1, 0.15) is 0 Å². The van der Waals surface area contributed by atoms with E-state index in [0.717, 1.165) is 5.92 Å². The second-order valence-corrected chi connectivity index (χ2v) is 4.11. The Morgan fingerprint density at radius 2 is 1.67 bits per heavy atom. The van der Waals surface area contributed by atoms with Crippen molar-refractivity contribution in [1.82, 2.24) is 10.4 Å². The van der Waals surface area contributed by atoms with Crippen LogP contribution in [-0.4, -0.2) is 25.6 Å². The average molecular weight is 170 g/mol. The molecule has 1 aliphatic carbocycles. The van der Waals surface area contributed by atoms with E-state index in [1.807, 2.05) is 0 Å². The lowest BCUT2D eigenvalue weighted by Crippen LogP contribution is -2.34. The van der Waals surface area contributed by atoms with Gasteiger partial charge in [-0.3, -0.25) is 10.4 Å². The first-order valence-corrected chi connectivity index (χ1v) is 5.20. The molecule has 0 saturated heterocycles. The summed E-state index contributed by atoms with van der Waals surface area (Å²) in [5, 5.41) is 2.06. The van der Waals surface area contributed by atoms with Gasteiger partial charge in [0, 0.05) is 20.6 Å². The fraction of sp³-hybridized carbons (Fsp3) is 1.00. The topological polar surface area (TPSA) is 15.3 Å². The molecule has 0 aromatic carbocycles. The minimum atomic E-state index is 0.926. The molecule has 12 heavy (non-hydrogen) atoms. The van der Waals surface area contributed by atoms with Crippen LogP contribution < -0.4 is 5.43 Å². The van der Waals surface area contributed by atoms with E-state index in [2.05, 4.69) is 24.5 Å². The maximum absolute atomic E-state index is 3.38. The molecule has 0 bridgehead atoms. The van der Waals surface area contributed by atoms with E-state index in [-0.39, 0.29) is 0 Å². The summed E-state index contributed by atoms with van der Waals surface area (Å²) in [5.41, 5.74) is 3.38. The lowest BCUT2D eigenvalue weighted by molar-refractivity contribution is 0.252.